The lowest BCUT2D eigenvalue weighted by Crippen LogP contribution is -2.09. The van der Waals surface area contributed by atoms with Crippen molar-refractivity contribution in [2.45, 2.75) is 6.54 Å². The van der Waals surface area contributed by atoms with E-state index in [-0.39, 0.29) is 12.5 Å². The van der Waals surface area contributed by atoms with Crippen LogP contribution in [0, 0.1) is 0 Å². The van der Waals surface area contributed by atoms with Crippen molar-refractivity contribution in [2.24, 2.45) is 0 Å². The van der Waals surface area contributed by atoms with E-state index in [0.29, 0.717) is 5.69 Å². The summed E-state index contributed by atoms with van der Waals surface area (Å²) in [5.41, 5.74) is 1.33. The SMILES string of the molecule is O=C(O)Cn1cc(NC(=O)/C=C/c2ccccc2Br)cn1. The highest BCUT2D eigenvalue weighted by atomic mass is 79.9. The molecule has 0 saturated carbocycles. The molecule has 2 N–H and O–H groups in total. The molecule has 2 rings (SSSR count). The van der Waals surface area contributed by atoms with Crippen LogP contribution in [0.4, 0.5) is 5.69 Å². The maximum Gasteiger partial charge on any atom is 0.325 e. The van der Waals surface area contributed by atoms with Crippen LogP contribution in [-0.2, 0) is 16.1 Å². The van der Waals surface area contributed by atoms with Crippen LogP contribution in [-0.4, -0.2) is 26.8 Å². The molecule has 108 valence electrons. The fourth-order valence-electron chi connectivity index (χ4n) is 1.61. The van der Waals surface area contributed by atoms with Gasteiger partial charge in [-0.2, -0.15) is 5.10 Å². The molecule has 21 heavy (non-hydrogen) atoms. The Hall–Kier alpha value is -2.41. The minimum Gasteiger partial charge on any atom is -0.480 e. The number of carbonyl (C=O) groups excluding carboxylic acids is 1. The number of hydrogen-bond acceptors (Lipinski definition) is 3. The highest BCUT2D eigenvalue weighted by molar-refractivity contribution is 9.10. The van der Waals surface area contributed by atoms with Gasteiger partial charge >= 0.3 is 5.97 Å². The molecule has 7 heteroatoms. The average Bonchev–Trinajstić information content (AvgIpc) is 2.84. The quantitative estimate of drug-likeness (QED) is 0.811. The number of anilines is 1. The van der Waals surface area contributed by atoms with Gasteiger partial charge < -0.3 is 10.4 Å². The van der Waals surface area contributed by atoms with E-state index in [0.717, 1.165) is 10.0 Å². The van der Waals surface area contributed by atoms with E-state index in [1.165, 1.54) is 23.2 Å². The zero-order valence-corrected chi connectivity index (χ0v) is 12.4. The molecule has 6 nitrogen and oxygen atoms in total. The Morgan fingerprint density at radius 2 is 2.14 bits per heavy atom. The molecule has 0 fully saturated rings. The number of nitrogens with zero attached hydrogens (tertiary/aromatic N) is 2. The van der Waals surface area contributed by atoms with Gasteiger partial charge in [-0.25, -0.2) is 0 Å². The van der Waals surface area contributed by atoms with Gasteiger partial charge in [0, 0.05) is 16.7 Å². The zero-order valence-electron chi connectivity index (χ0n) is 10.9. The monoisotopic (exact) mass is 349 g/mol. The van der Waals surface area contributed by atoms with Gasteiger partial charge in [0.1, 0.15) is 6.54 Å². The van der Waals surface area contributed by atoms with E-state index < -0.39 is 5.97 Å². The Morgan fingerprint density at radius 1 is 1.38 bits per heavy atom. The minimum atomic E-state index is -0.996. The molecule has 0 radical (unpaired) electrons. The summed E-state index contributed by atoms with van der Waals surface area (Å²) >= 11 is 3.39. The minimum absolute atomic E-state index is 0.247. The number of hydrogen-bond donors (Lipinski definition) is 2. The molecule has 0 spiro atoms. The van der Waals surface area contributed by atoms with E-state index >= 15 is 0 Å². The molecular formula is C14H12BrN3O3. The second kappa shape index (κ2) is 6.85. The highest BCUT2D eigenvalue weighted by Gasteiger charge is 2.04. The van der Waals surface area contributed by atoms with Crippen LogP contribution in [0.2, 0.25) is 0 Å². The van der Waals surface area contributed by atoms with Gasteiger partial charge in [-0.1, -0.05) is 34.1 Å². The molecule has 0 aliphatic carbocycles. The first-order valence-electron chi connectivity index (χ1n) is 6.02. The van der Waals surface area contributed by atoms with Gasteiger partial charge in [0.05, 0.1) is 11.9 Å². The molecule has 1 aromatic heterocycles. The summed E-state index contributed by atoms with van der Waals surface area (Å²) in [6.45, 7) is -0.247. The Morgan fingerprint density at radius 3 is 2.86 bits per heavy atom. The molecule has 0 saturated heterocycles. The number of rotatable bonds is 5. The lowest BCUT2D eigenvalue weighted by molar-refractivity contribution is -0.137. The Balaban J connectivity index is 1.97. The molecule has 1 aromatic carbocycles. The lowest BCUT2D eigenvalue weighted by Gasteiger charge is -1.98. The van der Waals surface area contributed by atoms with E-state index in [2.05, 4.69) is 26.3 Å². The summed E-state index contributed by atoms with van der Waals surface area (Å²) in [7, 11) is 0. The number of amides is 1. The number of halogens is 1. The number of carboxylic acids is 1. The van der Waals surface area contributed by atoms with Crippen LogP contribution in [0.15, 0.2) is 47.2 Å². The zero-order chi connectivity index (χ0) is 15.2. The lowest BCUT2D eigenvalue weighted by atomic mass is 10.2. The van der Waals surface area contributed by atoms with Crippen molar-refractivity contribution in [1.29, 1.82) is 0 Å². The van der Waals surface area contributed by atoms with Crippen molar-refractivity contribution in [3.63, 3.8) is 0 Å². The summed E-state index contributed by atoms with van der Waals surface area (Å²) in [5.74, 6) is -1.31. The fourth-order valence-corrected chi connectivity index (χ4v) is 2.03. The first-order chi connectivity index (χ1) is 10.0. The first-order valence-corrected chi connectivity index (χ1v) is 6.82. The molecule has 0 aliphatic heterocycles. The van der Waals surface area contributed by atoms with Crippen LogP contribution < -0.4 is 5.32 Å². The fraction of sp³-hybridized carbons (Fsp3) is 0.0714. The number of aliphatic carboxylic acids is 1. The van der Waals surface area contributed by atoms with E-state index in [4.69, 9.17) is 5.11 Å². The van der Waals surface area contributed by atoms with Crippen molar-refractivity contribution >= 4 is 39.6 Å². The summed E-state index contributed by atoms with van der Waals surface area (Å²) < 4.78 is 2.12. The second-order valence-electron chi connectivity index (χ2n) is 4.16. The summed E-state index contributed by atoms with van der Waals surface area (Å²) in [5, 5.41) is 15.1. The Kier molecular flexibility index (Phi) is 4.89. The maximum atomic E-state index is 11.8. The third-order valence-corrected chi connectivity index (χ3v) is 3.24. The number of aromatic nitrogens is 2. The van der Waals surface area contributed by atoms with Crippen LogP contribution in [0.1, 0.15) is 5.56 Å². The summed E-state index contributed by atoms with van der Waals surface area (Å²) in [6.07, 6.45) is 5.93. The molecule has 1 heterocycles. The molecule has 0 bridgehead atoms. The molecule has 0 aliphatic rings. The highest BCUT2D eigenvalue weighted by Crippen LogP contribution is 2.17. The molecule has 0 atom stereocenters. The van der Waals surface area contributed by atoms with Crippen molar-refractivity contribution in [3.05, 3.63) is 52.8 Å². The normalized spacial score (nSPS) is 10.7. The standard InChI is InChI=1S/C14H12BrN3O3/c15-12-4-2-1-3-10(12)5-6-13(19)17-11-7-16-18(8-11)9-14(20)21/h1-8H,9H2,(H,17,19)(H,20,21)/b6-5+. The number of carbonyl (C=O) groups is 2. The Labute approximate surface area is 129 Å². The average molecular weight is 350 g/mol. The second-order valence-corrected chi connectivity index (χ2v) is 5.02. The Bertz CT molecular complexity index is 694. The largest absolute Gasteiger partial charge is 0.480 e. The van der Waals surface area contributed by atoms with Gasteiger partial charge in [-0.05, 0) is 17.7 Å². The van der Waals surface area contributed by atoms with Crippen LogP contribution in [0.5, 0.6) is 0 Å². The smallest absolute Gasteiger partial charge is 0.325 e. The summed E-state index contributed by atoms with van der Waals surface area (Å²) in [4.78, 5) is 22.3. The van der Waals surface area contributed by atoms with Crippen LogP contribution in [0.3, 0.4) is 0 Å². The van der Waals surface area contributed by atoms with Gasteiger partial charge in [0.25, 0.3) is 0 Å². The number of benzene rings is 1. The van der Waals surface area contributed by atoms with Crippen molar-refractivity contribution in [2.75, 3.05) is 5.32 Å². The molecule has 2 aromatic rings. The summed E-state index contributed by atoms with van der Waals surface area (Å²) in [6, 6.07) is 7.52. The third kappa shape index (κ3) is 4.57. The predicted octanol–water partition coefficient (Wildman–Crippen LogP) is 2.38. The molecular weight excluding hydrogens is 338 g/mol. The first kappa shape index (κ1) is 15.0. The van der Waals surface area contributed by atoms with Gasteiger partial charge in [-0.15, -0.1) is 0 Å². The topological polar surface area (TPSA) is 84.2 Å². The van der Waals surface area contributed by atoms with E-state index in [1.54, 1.807) is 6.08 Å². The third-order valence-electron chi connectivity index (χ3n) is 2.52. The van der Waals surface area contributed by atoms with E-state index in [1.807, 2.05) is 24.3 Å². The van der Waals surface area contributed by atoms with Crippen molar-refractivity contribution in [1.82, 2.24) is 9.78 Å². The molecule has 1 amide bonds. The van der Waals surface area contributed by atoms with E-state index in [9.17, 15) is 9.59 Å². The number of carboxylic acid groups (broad SMARTS) is 1. The van der Waals surface area contributed by atoms with Crippen molar-refractivity contribution < 1.29 is 14.7 Å². The predicted molar refractivity (Wildman–Crippen MR) is 81.7 cm³/mol. The number of nitrogens with one attached hydrogen (secondary N) is 1. The van der Waals surface area contributed by atoms with Gasteiger partial charge in [0.15, 0.2) is 0 Å². The van der Waals surface area contributed by atoms with Crippen LogP contribution in [0.25, 0.3) is 6.08 Å². The van der Waals surface area contributed by atoms with Crippen LogP contribution >= 0.6 is 15.9 Å². The maximum absolute atomic E-state index is 11.8. The van der Waals surface area contributed by atoms with Crippen molar-refractivity contribution in [3.8, 4) is 0 Å². The molecule has 0 unspecified atom stereocenters. The van der Waals surface area contributed by atoms with Gasteiger partial charge in [0.2, 0.25) is 5.91 Å². The van der Waals surface area contributed by atoms with Gasteiger partial charge in [-0.3, -0.25) is 14.3 Å².